The van der Waals surface area contributed by atoms with Gasteiger partial charge in [0, 0.05) is 24.9 Å². The number of hydrogen-bond donors (Lipinski definition) is 0. The number of aryl methyl sites for hydroxylation is 1. The zero-order chi connectivity index (χ0) is 13.0. The molecule has 0 heterocycles. The van der Waals surface area contributed by atoms with Crippen LogP contribution in [-0.2, 0) is 9.53 Å². The summed E-state index contributed by atoms with van der Waals surface area (Å²) in [6.07, 6.45) is 0. The van der Waals surface area contributed by atoms with Crippen molar-refractivity contribution in [3.8, 4) is 0 Å². The summed E-state index contributed by atoms with van der Waals surface area (Å²) in [4.78, 5) is 22.9. The SMILES string of the molecule is COC(=O)CN(C)c1cc([N+](=O)[O-])ccc1C. The van der Waals surface area contributed by atoms with Crippen LogP contribution in [0.15, 0.2) is 18.2 Å². The summed E-state index contributed by atoms with van der Waals surface area (Å²) in [7, 11) is 2.99. The average molecular weight is 238 g/mol. The molecule has 6 nitrogen and oxygen atoms in total. The Morgan fingerprint density at radius 3 is 2.71 bits per heavy atom. The maximum atomic E-state index is 11.1. The van der Waals surface area contributed by atoms with Crippen molar-refractivity contribution in [2.75, 3.05) is 25.6 Å². The fourth-order valence-electron chi connectivity index (χ4n) is 1.47. The van der Waals surface area contributed by atoms with Crippen LogP contribution >= 0.6 is 0 Å². The van der Waals surface area contributed by atoms with Crippen LogP contribution in [0.3, 0.4) is 0 Å². The number of carbonyl (C=O) groups is 1. The minimum absolute atomic E-state index is 0.00214. The molecule has 1 aromatic carbocycles. The second kappa shape index (κ2) is 5.29. The standard InChI is InChI=1S/C11H14N2O4/c1-8-4-5-9(13(15)16)6-10(8)12(2)7-11(14)17-3/h4-6H,7H2,1-3H3. The first kappa shape index (κ1) is 13.0. The maximum Gasteiger partial charge on any atom is 0.325 e. The Balaban J connectivity index is 2.99. The molecule has 0 radical (unpaired) electrons. The van der Waals surface area contributed by atoms with Crippen molar-refractivity contribution in [2.24, 2.45) is 0 Å². The zero-order valence-electron chi connectivity index (χ0n) is 9.97. The number of nitro benzene ring substituents is 1. The van der Waals surface area contributed by atoms with Crippen LogP contribution < -0.4 is 4.90 Å². The highest BCUT2D eigenvalue weighted by Gasteiger charge is 2.14. The lowest BCUT2D eigenvalue weighted by Gasteiger charge is -2.19. The monoisotopic (exact) mass is 238 g/mol. The molecule has 0 spiro atoms. The van der Waals surface area contributed by atoms with Crippen molar-refractivity contribution >= 4 is 17.3 Å². The number of rotatable bonds is 4. The van der Waals surface area contributed by atoms with E-state index in [2.05, 4.69) is 4.74 Å². The first-order chi connectivity index (χ1) is 7.95. The number of non-ortho nitro benzene ring substituents is 1. The van der Waals surface area contributed by atoms with E-state index in [1.807, 2.05) is 6.92 Å². The van der Waals surface area contributed by atoms with Gasteiger partial charge in [-0.2, -0.15) is 0 Å². The maximum absolute atomic E-state index is 11.1. The summed E-state index contributed by atoms with van der Waals surface area (Å²) in [6.45, 7) is 1.88. The number of benzene rings is 1. The van der Waals surface area contributed by atoms with Gasteiger partial charge in [-0.05, 0) is 12.5 Å². The fraction of sp³-hybridized carbons (Fsp3) is 0.364. The van der Waals surface area contributed by atoms with Crippen LogP contribution in [0.5, 0.6) is 0 Å². The van der Waals surface area contributed by atoms with E-state index in [1.54, 1.807) is 18.0 Å². The van der Waals surface area contributed by atoms with E-state index in [9.17, 15) is 14.9 Å². The van der Waals surface area contributed by atoms with Gasteiger partial charge in [-0.1, -0.05) is 6.07 Å². The van der Waals surface area contributed by atoms with Gasteiger partial charge in [0.1, 0.15) is 6.54 Å². The minimum Gasteiger partial charge on any atom is -0.468 e. The number of carbonyl (C=O) groups excluding carboxylic acids is 1. The van der Waals surface area contributed by atoms with Crippen molar-refractivity contribution in [1.29, 1.82) is 0 Å². The predicted molar refractivity (Wildman–Crippen MR) is 63.1 cm³/mol. The summed E-state index contributed by atoms with van der Waals surface area (Å²) >= 11 is 0. The van der Waals surface area contributed by atoms with Crippen LogP contribution in [-0.4, -0.2) is 31.6 Å². The average Bonchev–Trinajstić information content (AvgIpc) is 2.28. The summed E-state index contributed by atoms with van der Waals surface area (Å²) in [5.74, 6) is -0.390. The molecule has 0 amide bonds. The Morgan fingerprint density at radius 1 is 1.53 bits per heavy atom. The van der Waals surface area contributed by atoms with Crippen molar-refractivity contribution in [1.82, 2.24) is 0 Å². The van der Waals surface area contributed by atoms with E-state index in [-0.39, 0.29) is 12.2 Å². The highest BCUT2D eigenvalue weighted by molar-refractivity contribution is 5.76. The molecule has 0 N–H and O–H groups in total. The van der Waals surface area contributed by atoms with Gasteiger partial charge in [0.05, 0.1) is 12.0 Å². The second-order valence-electron chi connectivity index (χ2n) is 3.66. The van der Waals surface area contributed by atoms with Crippen LogP contribution in [0, 0.1) is 17.0 Å². The third-order valence-corrected chi connectivity index (χ3v) is 2.41. The van der Waals surface area contributed by atoms with E-state index in [1.165, 1.54) is 19.2 Å². The number of nitrogens with zero attached hydrogens (tertiary/aromatic N) is 2. The Labute approximate surface area is 98.9 Å². The molecule has 0 bridgehead atoms. The molecule has 92 valence electrons. The van der Waals surface area contributed by atoms with Gasteiger partial charge >= 0.3 is 5.97 Å². The fourth-order valence-corrected chi connectivity index (χ4v) is 1.47. The topological polar surface area (TPSA) is 72.7 Å². The first-order valence-electron chi connectivity index (χ1n) is 4.98. The molecular formula is C11H14N2O4. The molecule has 0 aliphatic carbocycles. The van der Waals surface area contributed by atoms with Crippen LogP contribution in [0.4, 0.5) is 11.4 Å². The number of nitro groups is 1. The Kier molecular flexibility index (Phi) is 4.03. The summed E-state index contributed by atoms with van der Waals surface area (Å²) in [6, 6.07) is 4.53. The number of methoxy groups -OCH3 is 1. The smallest absolute Gasteiger partial charge is 0.325 e. The Morgan fingerprint density at radius 2 is 2.18 bits per heavy atom. The zero-order valence-corrected chi connectivity index (χ0v) is 9.97. The summed E-state index contributed by atoms with van der Waals surface area (Å²) in [5.41, 5.74) is 1.51. The largest absolute Gasteiger partial charge is 0.468 e. The number of hydrogen-bond acceptors (Lipinski definition) is 5. The molecule has 0 aromatic heterocycles. The van der Waals surface area contributed by atoms with Gasteiger partial charge in [0.25, 0.3) is 5.69 Å². The second-order valence-corrected chi connectivity index (χ2v) is 3.66. The molecule has 0 fully saturated rings. The van der Waals surface area contributed by atoms with Gasteiger partial charge in [-0.3, -0.25) is 14.9 Å². The van der Waals surface area contributed by atoms with Gasteiger partial charge in [-0.15, -0.1) is 0 Å². The molecule has 0 saturated heterocycles. The molecular weight excluding hydrogens is 224 g/mol. The van der Waals surface area contributed by atoms with E-state index in [0.29, 0.717) is 5.69 Å². The normalized spacial score (nSPS) is 9.82. The van der Waals surface area contributed by atoms with Crippen LogP contribution in [0.2, 0.25) is 0 Å². The lowest BCUT2D eigenvalue weighted by Crippen LogP contribution is -2.27. The molecule has 1 aromatic rings. The third kappa shape index (κ3) is 3.17. The van der Waals surface area contributed by atoms with Gasteiger partial charge < -0.3 is 9.64 Å². The molecule has 1 rings (SSSR count). The van der Waals surface area contributed by atoms with E-state index in [4.69, 9.17) is 0 Å². The third-order valence-electron chi connectivity index (χ3n) is 2.41. The first-order valence-corrected chi connectivity index (χ1v) is 4.98. The van der Waals surface area contributed by atoms with Gasteiger partial charge in [0.2, 0.25) is 0 Å². The number of esters is 1. The molecule has 0 saturated carbocycles. The summed E-state index contributed by atoms with van der Waals surface area (Å²) < 4.78 is 4.55. The Hall–Kier alpha value is -2.11. The molecule has 6 heteroatoms. The van der Waals surface area contributed by atoms with E-state index >= 15 is 0 Å². The van der Waals surface area contributed by atoms with Crippen LogP contribution in [0.25, 0.3) is 0 Å². The molecule has 17 heavy (non-hydrogen) atoms. The number of anilines is 1. The number of ether oxygens (including phenoxy) is 1. The highest BCUT2D eigenvalue weighted by atomic mass is 16.6. The van der Waals surface area contributed by atoms with Crippen LogP contribution in [0.1, 0.15) is 5.56 Å². The quantitative estimate of drug-likeness (QED) is 0.451. The van der Waals surface area contributed by atoms with E-state index < -0.39 is 10.9 Å². The van der Waals surface area contributed by atoms with E-state index in [0.717, 1.165) is 5.56 Å². The molecule has 0 unspecified atom stereocenters. The number of likely N-dealkylation sites (N-methyl/N-ethyl adjacent to an activating group) is 1. The lowest BCUT2D eigenvalue weighted by atomic mass is 10.1. The van der Waals surface area contributed by atoms with Crippen molar-refractivity contribution in [3.05, 3.63) is 33.9 Å². The van der Waals surface area contributed by atoms with Gasteiger partial charge in [0.15, 0.2) is 0 Å². The van der Waals surface area contributed by atoms with Crippen molar-refractivity contribution in [3.63, 3.8) is 0 Å². The summed E-state index contributed by atoms with van der Waals surface area (Å²) in [5, 5.41) is 10.7. The lowest BCUT2D eigenvalue weighted by molar-refractivity contribution is -0.384. The van der Waals surface area contributed by atoms with Gasteiger partial charge in [-0.25, -0.2) is 0 Å². The minimum atomic E-state index is -0.463. The molecule has 0 aliphatic rings. The van der Waals surface area contributed by atoms with Crippen molar-refractivity contribution < 1.29 is 14.5 Å². The van der Waals surface area contributed by atoms with Crippen molar-refractivity contribution in [2.45, 2.75) is 6.92 Å². The Bertz CT molecular complexity index is 445. The molecule has 0 aliphatic heterocycles. The highest BCUT2D eigenvalue weighted by Crippen LogP contribution is 2.24. The predicted octanol–water partition coefficient (Wildman–Crippen LogP) is 1.51. The molecule has 0 atom stereocenters.